The number of likely N-dealkylation sites (tertiary alicyclic amines) is 1. The smallest absolute Gasteiger partial charge is 0.108 e. The molecule has 1 saturated heterocycles. The van der Waals surface area contributed by atoms with Gasteiger partial charge in [-0.1, -0.05) is 6.92 Å². The highest BCUT2D eigenvalue weighted by Crippen LogP contribution is 2.24. The second-order valence-corrected chi connectivity index (χ2v) is 6.89. The molecule has 106 valence electrons. The van der Waals surface area contributed by atoms with Crippen LogP contribution in [0.15, 0.2) is 6.20 Å². The Balaban J connectivity index is 1.62. The maximum Gasteiger partial charge on any atom is 0.108 e. The van der Waals surface area contributed by atoms with E-state index in [0.29, 0.717) is 6.04 Å². The molecule has 0 aliphatic carbocycles. The van der Waals surface area contributed by atoms with Gasteiger partial charge in [0.05, 0.1) is 5.69 Å². The summed E-state index contributed by atoms with van der Waals surface area (Å²) in [6, 6.07) is 0.695. The predicted octanol–water partition coefficient (Wildman–Crippen LogP) is 2.74. The number of fused-ring (bicyclic) bond motifs is 1. The van der Waals surface area contributed by atoms with Crippen LogP contribution in [-0.4, -0.2) is 33.6 Å². The van der Waals surface area contributed by atoms with E-state index in [2.05, 4.69) is 36.4 Å². The zero-order valence-corrected chi connectivity index (χ0v) is 12.6. The van der Waals surface area contributed by atoms with Crippen LogP contribution >= 0.6 is 0 Å². The van der Waals surface area contributed by atoms with E-state index >= 15 is 0 Å². The van der Waals surface area contributed by atoms with E-state index in [9.17, 15) is 0 Å². The Bertz CT molecular complexity index is 435. The van der Waals surface area contributed by atoms with E-state index in [-0.39, 0.29) is 0 Å². The molecule has 3 heterocycles. The van der Waals surface area contributed by atoms with Gasteiger partial charge in [0.15, 0.2) is 0 Å². The Morgan fingerprint density at radius 3 is 2.89 bits per heavy atom. The second kappa shape index (κ2) is 5.28. The van der Waals surface area contributed by atoms with E-state index in [1.165, 1.54) is 56.8 Å². The van der Waals surface area contributed by atoms with Gasteiger partial charge in [0.25, 0.3) is 0 Å². The van der Waals surface area contributed by atoms with Crippen molar-refractivity contribution in [3.05, 3.63) is 17.7 Å². The second-order valence-electron chi connectivity index (χ2n) is 6.89. The highest BCUT2D eigenvalue weighted by Gasteiger charge is 2.25. The van der Waals surface area contributed by atoms with Crippen molar-refractivity contribution in [2.45, 2.75) is 59.0 Å². The molecule has 0 radical (unpaired) electrons. The summed E-state index contributed by atoms with van der Waals surface area (Å²) in [6.45, 7) is 10.7. The van der Waals surface area contributed by atoms with Crippen LogP contribution in [0.2, 0.25) is 0 Å². The van der Waals surface area contributed by atoms with Crippen LogP contribution in [0.25, 0.3) is 0 Å². The van der Waals surface area contributed by atoms with E-state index < -0.39 is 0 Å². The molecule has 0 amide bonds. The van der Waals surface area contributed by atoms with Gasteiger partial charge in [-0.3, -0.25) is 0 Å². The summed E-state index contributed by atoms with van der Waals surface area (Å²) >= 11 is 0. The molecule has 1 fully saturated rings. The number of aryl methyl sites for hydroxylation is 1. The summed E-state index contributed by atoms with van der Waals surface area (Å²) in [5.41, 5.74) is 1.33. The quantitative estimate of drug-likeness (QED) is 0.834. The van der Waals surface area contributed by atoms with Gasteiger partial charge in [-0.2, -0.15) is 0 Å². The number of rotatable bonds is 3. The molecule has 3 heteroatoms. The predicted molar refractivity (Wildman–Crippen MR) is 78.2 cm³/mol. The third-order valence-corrected chi connectivity index (χ3v) is 4.82. The van der Waals surface area contributed by atoms with Crippen LogP contribution in [-0.2, 0) is 19.4 Å². The molecule has 0 bridgehead atoms. The summed E-state index contributed by atoms with van der Waals surface area (Å²) in [5, 5.41) is 0. The molecule has 1 aromatic rings. The van der Waals surface area contributed by atoms with E-state index in [1.807, 2.05) is 0 Å². The van der Waals surface area contributed by atoms with E-state index in [0.717, 1.165) is 11.8 Å². The van der Waals surface area contributed by atoms with Crippen molar-refractivity contribution < 1.29 is 0 Å². The Kier molecular flexibility index (Phi) is 3.66. The molecular weight excluding hydrogens is 234 g/mol. The highest BCUT2D eigenvalue weighted by molar-refractivity contribution is 5.08. The zero-order valence-electron chi connectivity index (χ0n) is 12.6. The van der Waals surface area contributed by atoms with Gasteiger partial charge in [-0.05, 0) is 51.5 Å². The monoisotopic (exact) mass is 261 g/mol. The van der Waals surface area contributed by atoms with Crippen molar-refractivity contribution in [3.63, 3.8) is 0 Å². The molecule has 0 saturated carbocycles. The third-order valence-electron chi connectivity index (χ3n) is 4.82. The Morgan fingerprint density at radius 1 is 1.32 bits per heavy atom. The standard InChI is InChI=1S/C16H27N3/c1-12(2)18-7-6-14(10-18)8-15-11-19-9-13(3)4-5-16(19)17-15/h11-14H,4-10H2,1-3H3. The van der Waals surface area contributed by atoms with Crippen LogP contribution in [0.5, 0.6) is 0 Å². The first kappa shape index (κ1) is 13.2. The third kappa shape index (κ3) is 2.86. The molecule has 2 unspecified atom stereocenters. The maximum atomic E-state index is 4.86. The van der Waals surface area contributed by atoms with Gasteiger partial charge >= 0.3 is 0 Å². The van der Waals surface area contributed by atoms with Crippen LogP contribution in [0.4, 0.5) is 0 Å². The van der Waals surface area contributed by atoms with Gasteiger partial charge in [0.2, 0.25) is 0 Å². The number of imidazole rings is 1. The summed E-state index contributed by atoms with van der Waals surface area (Å²) in [4.78, 5) is 7.46. The lowest BCUT2D eigenvalue weighted by Crippen LogP contribution is -2.28. The molecule has 0 aromatic carbocycles. The number of nitrogens with zero attached hydrogens (tertiary/aromatic N) is 3. The van der Waals surface area contributed by atoms with Crippen LogP contribution in [0, 0.1) is 11.8 Å². The van der Waals surface area contributed by atoms with Crippen molar-refractivity contribution in [1.82, 2.24) is 14.5 Å². The Morgan fingerprint density at radius 2 is 2.16 bits per heavy atom. The first-order valence-electron chi connectivity index (χ1n) is 7.90. The normalized spacial score (nSPS) is 28.0. The fourth-order valence-electron chi connectivity index (χ4n) is 3.57. The first-order chi connectivity index (χ1) is 9.11. The largest absolute Gasteiger partial charge is 0.334 e. The van der Waals surface area contributed by atoms with Gasteiger partial charge < -0.3 is 9.47 Å². The van der Waals surface area contributed by atoms with E-state index in [1.54, 1.807) is 0 Å². The van der Waals surface area contributed by atoms with Crippen molar-refractivity contribution in [2.24, 2.45) is 11.8 Å². The summed E-state index contributed by atoms with van der Waals surface area (Å²) in [7, 11) is 0. The van der Waals surface area contributed by atoms with Gasteiger partial charge in [0, 0.05) is 31.7 Å². The van der Waals surface area contributed by atoms with Crippen LogP contribution in [0.1, 0.15) is 45.1 Å². The lowest BCUT2D eigenvalue weighted by molar-refractivity contribution is 0.265. The first-order valence-corrected chi connectivity index (χ1v) is 7.90. The van der Waals surface area contributed by atoms with Gasteiger partial charge in [-0.25, -0.2) is 4.98 Å². The van der Waals surface area contributed by atoms with Crippen molar-refractivity contribution in [1.29, 1.82) is 0 Å². The molecule has 2 aliphatic rings. The topological polar surface area (TPSA) is 21.1 Å². The summed E-state index contributed by atoms with van der Waals surface area (Å²) in [5.74, 6) is 2.96. The summed E-state index contributed by atoms with van der Waals surface area (Å²) in [6.07, 6.45) is 7.32. The lowest BCUT2D eigenvalue weighted by atomic mass is 10.0. The van der Waals surface area contributed by atoms with Gasteiger partial charge in [-0.15, -0.1) is 0 Å². The molecule has 3 rings (SSSR count). The van der Waals surface area contributed by atoms with Crippen molar-refractivity contribution >= 4 is 0 Å². The molecule has 3 nitrogen and oxygen atoms in total. The minimum atomic E-state index is 0.695. The maximum absolute atomic E-state index is 4.86. The molecule has 2 atom stereocenters. The van der Waals surface area contributed by atoms with Crippen molar-refractivity contribution in [2.75, 3.05) is 13.1 Å². The number of hydrogen-bond acceptors (Lipinski definition) is 2. The van der Waals surface area contributed by atoms with E-state index in [4.69, 9.17) is 4.98 Å². The summed E-state index contributed by atoms with van der Waals surface area (Å²) < 4.78 is 2.40. The number of aromatic nitrogens is 2. The average Bonchev–Trinajstić information content (AvgIpc) is 2.95. The molecule has 1 aromatic heterocycles. The Labute approximate surface area is 117 Å². The fraction of sp³-hybridized carbons (Fsp3) is 0.812. The molecule has 0 N–H and O–H groups in total. The van der Waals surface area contributed by atoms with Crippen LogP contribution in [0.3, 0.4) is 0 Å². The average molecular weight is 261 g/mol. The molecule has 19 heavy (non-hydrogen) atoms. The molecule has 2 aliphatic heterocycles. The minimum Gasteiger partial charge on any atom is -0.334 e. The lowest BCUT2D eigenvalue weighted by Gasteiger charge is -2.19. The highest BCUT2D eigenvalue weighted by atomic mass is 15.2. The minimum absolute atomic E-state index is 0.695. The SMILES string of the molecule is CC1CCc2nc(CC3CCN(C(C)C)C3)cn2C1. The van der Waals surface area contributed by atoms with Crippen molar-refractivity contribution in [3.8, 4) is 0 Å². The van der Waals surface area contributed by atoms with Crippen LogP contribution < -0.4 is 0 Å². The Hall–Kier alpha value is -0.830. The zero-order chi connectivity index (χ0) is 13.4. The van der Waals surface area contributed by atoms with Gasteiger partial charge in [0.1, 0.15) is 5.82 Å². The fourth-order valence-corrected chi connectivity index (χ4v) is 3.57. The molecular formula is C16H27N3. The number of hydrogen-bond donors (Lipinski definition) is 0. The molecule has 0 spiro atoms.